The molecule has 2 atom stereocenters. The molecule has 3 nitrogen and oxygen atoms in total. The highest BCUT2D eigenvalue weighted by atomic mass is 16.4. The molecule has 0 aliphatic heterocycles. The molecule has 0 saturated heterocycles. The summed E-state index contributed by atoms with van der Waals surface area (Å²) in [5.41, 5.74) is 0.653. The Labute approximate surface area is 82.8 Å². The van der Waals surface area contributed by atoms with Crippen molar-refractivity contribution in [1.29, 1.82) is 0 Å². The quantitative estimate of drug-likeness (QED) is 0.645. The van der Waals surface area contributed by atoms with Gasteiger partial charge in [0, 0.05) is 18.1 Å². The summed E-state index contributed by atoms with van der Waals surface area (Å²) in [4.78, 5) is 22.1. The summed E-state index contributed by atoms with van der Waals surface area (Å²) in [5, 5.41) is 8.66. The van der Waals surface area contributed by atoms with E-state index >= 15 is 0 Å². The number of carbonyl (C=O) groups is 2. The molecule has 1 N–H and O–H groups in total. The van der Waals surface area contributed by atoms with E-state index in [-0.39, 0.29) is 17.1 Å². The lowest BCUT2D eigenvalue weighted by Gasteiger charge is -2.56. The summed E-state index contributed by atoms with van der Waals surface area (Å²) in [6.45, 7) is 4.24. The van der Waals surface area contributed by atoms with E-state index in [1.54, 1.807) is 0 Å². The van der Waals surface area contributed by atoms with Gasteiger partial charge in [0.2, 0.25) is 0 Å². The number of hydrogen-bond donors (Lipinski definition) is 1. The molecule has 76 valence electrons. The normalized spacial score (nSPS) is 36.7. The van der Waals surface area contributed by atoms with Crippen LogP contribution >= 0.6 is 0 Å². The molecular formula is C11H14O3. The Kier molecular flexibility index (Phi) is 1.81. The van der Waals surface area contributed by atoms with Crippen LogP contribution in [-0.4, -0.2) is 16.9 Å². The Bertz CT molecular complexity index is 338. The van der Waals surface area contributed by atoms with E-state index < -0.39 is 5.97 Å². The van der Waals surface area contributed by atoms with Crippen LogP contribution in [0.1, 0.15) is 26.7 Å². The Hall–Kier alpha value is -1.12. The van der Waals surface area contributed by atoms with Crippen molar-refractivity contribution in [3.05, 3.63) is 11.6 Å². The third-order valence-electron chi connectivity index (χ3n) is 3.88. The molecule has 0 aromatic rings. The van der Waals surface area contributed by atoms with E-state index in [1.807, 2.05) is 0 Å². The van der Waals surface area contributed by atoms with Crippen LogP contribution in [0, 0.1) is 17.3 Å². The summed E-state index contributed by atoms with van der Waals surface area (Å²) in [5.74, 6) is -0.335. The average Bonchev–Trinajstić information content (AvgIpc) is 2.06. The zero-order valence-electron chi connectivity index (χ0n) is 8.41. The van der Waals surface area contributed by atoms with Crippen LogP contribution in [0.5, 0.6) is 0 Å². The Morgan fingerprint density at radius 3 is 2.71 bits per heavy atom. The zero-order valence-corrected chi connectivity index (χ0v) is 8.41. The average molecular weight is 194 g/mol. The van der Waals surface area contributed by atoms with Gasteiger partial charge in [-0.2, -0.15) is 0 Å². The van der Waals surface area contributed by atoms with Crippen molar-refractivity contribution < 1.29 is 14.7 Å². The Morgan fingerprint density at radius 1 is 1.57 bits per heavy atom. The highest BCUT2D eigenvalue weighted by Gasteiger charge is 2.55. The van der Waals surface area contributed by atoms with Crippen molar-refractivity contribution in [3.63, 3.8) is 0 Å². The third-order valence-corrected chi connectivity index (χ3v) is 3.88. The lowest BCUT2D eigenvalue weighted by atomic mass is 9.47. The minimum Gasteiger partial charge on any atom is -0.478 e. The summed E-state index contributed by atoms with van der Waals surface area (Å²) in [6.07, 6.45) is 2.62. The van der Waals surface area contributed by atoms with E-state index in [1.165, 1.54) is 0 Å². The molecule has 2 unspecified atom stereocenters. The molecule has 0 aromatic carbocycles. The third kappa shape index (κ3) is 1.11. The Morgan fingerprint density at radius 2 is 2.21 bits per heavy atom. The number of hydrogen-bond acceptors (Lipinski definition) is 2. The maximum atomic E-state index is 11.5. The number of rotatable bonds is 1. The number of carbonyl (C=O) groups excluding carboxylic acids is 1. The summed E-state index contributed by atoms with van der Waals surface area (Å²) < 4.78 is 0. The van der Waals surface area contributed by atoms with Gasteiger partial charge in [0.1, 0.15) is 0 Å². The molecule has 0 spiro atoms. The number of Topliss-reactive ketones (excluding diaryl/α,β-unsaturated/α-hetero) is 1. The van der Waals surface area contributed by atoms with Crippen molar-refractivity contribution in [3.8, 4) is 0 Å². The number of carboxylic acid groups (broad SMARTS) is 1. The maximum absolute atomic E-state index is 11.5. The topological polar surface area (TPSA) is 54.4 Å². The molecule has 2 bridgehead atoms. The highest BCUT2D eigenvalue weighted by molar-refractivity contribution is 6.02. The van der Waals surface area contributed by atoms with Crippen LogP contribution in [0.25, 0.3) is 0 Å². The molecule has 3 heteroatoms. The van der Waals surface area contributed by atoms with E-state index in [0.29, 0.717) is 17.9 Å². The van der Waals surface area contributed by atoms with Crippen molar-refractivity contribution in [2.75, 3.05) is 0 Å². The fourth-order valence-corrected chi connectivity index (χ4v) is 2.74. The van der Waals surface area contributed by atoms with E-state index in [9.17, 15) is 9.59 Å². The molecule has 3 rings (SSSR count). The van der Waals surface area contributed by atoms with Gasteiger partial charge < -0.3 is 5.11 Å². The number of carboxylic acids is 1. The second-order valence-electron chi connectivity index (χ2n) is 4.87. The number of fused-ring (bicyclic) bond motifs is 2. The monoisotopic (exact) mass is 194 g/mol. The van der Waals surface area contributed by atoms with Crippen LogP contribution in [0.2, 0.25) is 0 Å². The SMILES string of the molecule is CC1(C)C2CC(=O)/C(=C\C(=O)O)C1C2. The number of allylic oxidation sites excluding steroid dienone is 1. The van der Waals surface area contributed by atoms with Crippen LogP contribution in [-0.2, 0) is 9.59 Å². The second kappa shape index (κ2) is 2.69. The first-order chi connectivity index (χ1) is 6.43. The zero-order chi connectivity index (χ0) is 10.5. The van der Waals surface area contributed by atoms with Gasteiger partial charge in [0.05, 0.1) is 0 Å². The number of ketones is 1. The van der Waals surface area contributed by atoms with E-state index in [4.69, 9.17) is 5.11 Å². The summed E-state index contributed by atoms with van der Waals surface area (Å²) >= 11 is 0. The van der Waals surface area contributed by atoms with E-state index in [2.05, 4.69) is 13.8 Å². The summed E-state index contributed by atoms with van der Waals surface area (Å²) in [7, 11) is 0. The standard InChI is InChI=1S/C11H14O3/c1-11(2)6-3-8(11)7(5-10(13)14)9(12)4-6/h5-6,8H,3-4H2,1-2H3,(H,13,14)/b7-5-. The molecule has 3 saturated carbocycles. The molecule has 3 aliphatic carbocycles. The van der Waals surface area contributed by atoms with Crippen LogP contribution < -0.4 is 0 Å². The number of aliphatic carboxylic acids is 1. The minimum absolute atomic E-state index is 0.0352. The first kappa shape index (κ1) is 9.44. The van der Waals surface area contributed by atoms with Gasteiger partial charge in [0.15, 0.2) is 5.78 Å². The molecule has 3 fully saturated rings. The van der Waals surface area contributed by atoms with Gasteiger partial charge in [-0.25, -0.2) is 4.79 Å². The van der Waals surface area contributed by atoms with Crippen molar-refractivity contribution in [2.24, 2.45) is 17.3 Å². The molecule has 3 aliphatic rings. The van der Waals surface area contributed by atoms with Crippen molar-refractivity contribution in [1.82, 2.24) is 0 Å². The molecule has 14 heavy (non-hydrogen) atoms. The van der Waals surface area contributed by atoms with Gasteiger partial charge >= 0.3 is 5.97 Å². The van der Waals surface area contributed by atoms with Crippen LogP contribution in [0.4, 0.5) is 0 Å². The predicted molar refractivity (Wildman–Crippen MR) is 50.7 cm³/mol. The largest absolute Gasteiger partial charge is 0.478 e. The van der Waals surface area contributed by atoms with Crippen molar-refractivity contribution >= 4 is 11.8 Å². The Balaban J connectivity index is 2.32. The van der Waals surface area contributed by atoms with Gasteiger partial charge in [0.25, 0.3) is 0 Å². The lowest BCUT2D eigenvalue weighted by molar-refractivity contribution is -0.134. The fourth-order valence-electron chi connectivity index (χ4n) is 2.74. The molecule has 0 heterocycles. The van der Waals surface area contributed by atoms with Gasteiger partial charge in [-0.15, -0.1) is 0 Å². The van der Waals surface area contributed by atoms with Gasteiger partial charge in [-0.3, -0.25) is 4.79 Å². The van der Waals surface area contributed by atoms with Crippen LogP contribution in [0.3, 0.4) is 0 Å². The first-order valence-corrected chi connectivity index (χ1v) is 4.90. The van der Waals surface area contributed by atoms with Crippen LogP contribution in [0.15, 0.2) is 11.6 Å². The van der Waals surface area contributed by atoms with E-state index in [0.717, 1.165) is 12.5 Å². The van der Waals surface area contributed by atoms with Gasteiger partial charge in [-0.05, 0) is 23.7 Å². The predicted octanol–water partition coefficient (Wildman–Crippen LogP) is 1.63. The smallest absolute Gasteiger partial charge is 0.328 e. The second-order valence-corrected chi connectivity index (χ2v) is 4.87. The van der Waals surface area contributed by atoms with Crippen molar-refractivity contribution in [2.45, 2.75) is 26.7 Å². The lowest BCUT2D eigenvalue weighted by Crippen LogP contribution is -2.52. The molecule has 0 radical (unpaired) electrons. The fraction of sp³-hybridized carbons (Fsp3) is 0.636. The van der Waals surface area contributed by atoms with Gasteiger partial charge in [-0.1, -0.05) is 13.8 Å². The minimum atomic E-state index is -1.01. The first-order valence-electron chi connectivity index (χ1n) is 4.90. The highest BCUT2D eigenvalue weighted by Crippen LogP contribution is 2.59. The molecule has 0 amide bonds. The summed E-state index contributed by atoms with van der Waals surface area (Å²) in [6, 6.07) is 0. The molecular weight excluding hydrogens is 180 g/mol. The maximum Gasteiger partial charge on any atom is 0.328 e. The molecule has 0 aromatic heterocycles.